The number of unbranched alkanes of at least 4 members (excludes halogenated alkanes) is 12. The SMILES string of the molecule is CCCCCCCCCCCCCCCc1cccc(Oc2ccc([N+](=O)[O-])cc2[N+](=O)[O-])c1. The Balaban J connectivity index is 1.68. The molecule has 0 spiro atoms. The van der Waals surface area contributed by atoms with Crippen molar-refractivity contribution >= 4 is 11.4 Å². The molecule has 0 bridgehead atoms. The predicted octanol–water partition coefficient (Wildman–Crippen LogP) is 8.93. The van der Waals surface area contributed by atoms with Gasteiger partial charge in [-0.05, 0) is 36.6 Å². The standard InChI is InChI=1S/C27H38N2O5/c1-2-3-4-5-6-7-8-9-10-11-12-13-14-16-23-17-15-18-25(21-23)34-27-20-19-24(28(30)31)22-26(27)29(32)33/h15,17-22H,2-14,16H2,1H3. The zero-order valence-corrected chi connectivity index (χ0v) is 20.4. The van der Waals surface area contributed by atoms with Gasteiger partial charge in [-0.15, -0.1) is 0 Å². The van der Waals surface area contributed by atoms with E-state index in [0.29, 0.717) is 5.75 Å². The van der Waals surface area contributed by atoms with E-state index < -0.39 is 15.5 Å². The van der Waals surface area contributed by atoms with Crippen molar-refractivity contribution in [2.45, 2.75) is 96.8 Å². The Hall–Kier alpha value is -2.96. The third-order valence-corrected chi connectivity index (χ3v) is 6.05. The van der Waals surface area contributed by atoms with Crippen LogP contribution in [0.1, 0.15) is 96.0 Å². The minimum atomic E-state index is -0.667. The molecule has 0 aliphatic carbocycles. The van der Waals surface area contributed by atoms with Crippen molar-refractivity contribution in [1.82, 2.24) is 0 Å². The first-order valence-corrected chi connectivity index (χ1v) is 12.7. The van der Waals surface area contributed by atoms with Crippen LogP contribution in [0.2, 0.25) is 0 Å². The number of rotatable bonds is 18. The molecule has 0 N–H and O–H groups in total. The van der Waals surface area contributed by atoms with Crippen LogP contribution < -0.4 is 4.74 Å². The van der Waals surface area contributed by atoms with E-state index >= 15 is 0 Å². The molecular weight excluding hydrogens is 432 g/mol. The van der Waals surface area contributed by atoms with Gasteiger partial charge in [0.1, 0.15) is 5.75 Å². The summed E-state index contributed by atoms with van der Waals surface area (Å²) in [5, 5.41) is 22.2. The maximum atomic E-state index is 11.3. The van der Waals surface area contributed by atoms with Gasteiger partial charge in [-0.1, -0.05) is 96.1 Å². The largest absolute Gasteiger partial charge is 0.450 e. The number of ether oxygens (including phenoxy) is 1. The molecule has 0 fully saturated rings. The lowest BCUT2D eigenvalue weighted by Crippen LogP contribution is -1.96. The molecule has 186 valence electrons. The first-order chi connectivity index (χ1) is 16.5. The van der Waals surface area contributed by atoms with E-state index in [1.807, 2.05) is 18.2 Å². The van der Waals surface area contributed by atoms with E-state index in [2.05, 4.69) is 6.92 Å². The van der Waals surface area contributed by atoms with Gasteiger partial charge in [-0.3, -0.25) is 20.2 Å². The molecular formula is C27H38N2O5. The molecule has 0 unspecified atom stereocenters. The molecule has 34 heavy (non-hydrogen) atoms. The Labute approximate surface area is 202 Å². The van der Waals surface area contributed by atoms with Crippen LogP contribution in [-0.4, -0.2) is 9.85 Å². The van der Waals surface area contributed by atoms with Crippen LogP contribution in [0.25, 0.3) is 0 Å². The lowest BCUT2D eigenvalue weighted by Gasteiger charge is -2.08. The summed E-state index contributed by atoms with van der Waals surface area (Å²) in [5.74, 6) is 0.484. The van der Waals surface area contributed by atoms with Crippen molar-refractivity contribution in [3.8, 4) is 11.5 Å². The quantitative estimate of drug-likeness (QED) is 0.123. The number of aryl methyl sites for hydroxylation is 1. The maximum absolute atomic E-state index is 11.3. The van der Waals surface area contributed by atoms with Crippen molar-refractivity contribution < 1.29 is 14.6 Å². The molecule has 2 aromatic rings. The summed E-state index contributed by atoms with van der Waals surface area (Å²) in [4.78, 5) is 20.9. The van der Waals surface area contributed by atoms with Crippen LogP contribution in [-0.2, 0) is 6.42 Å². The molecule has 7 heteroatoms. The minimum Gasteiger partial charge on any atom is -0.450 e. The Morgan fingerprint density at radius 1 is 0.706 bits per heavy atom. The van der Waals surface area contributed by atoms with Crippen molar-refractivity contribution in [2.24, 2.45) is 0 Å². The highest BCUT2D eigenvalue weighted by Gasteiger charge is 2.21. The maximum Gasteiger partial charge on any atom is 0.318 e. The Kier molecular flexibility index (Phi) is 12.7. The molecule has 0 aliphatic heterocycles. The Morgan fingerprint density at radius 3 is 1.85 bits per heavy atom. The third-order valence-electron chi connectivity index (χ3n) is 6.05. The molecule has 0 saturated carbocycles. The van der Waals surface area contributed by atoms with E-state index in [1.165, 1.54) is 89.2 Å². The van der Waals surface area contributed by atoms with Crippen molar-refractivity contribution in [3.63, 3.8) is 0 Å². The zero-order chi connectivity index (χ0) is 24.6. The Morgan fingerprint density at radius 2 is 1.29 bits per heavy atom. The fourth-order valence-corrected chi connectivity index (χ4v) is 4.09. The van der Waals surface area contributed by atoms with E-state index in [4.69, 9.17) is 4.74 Å². The second-order valence-corrected chi connectivity index (χ2v) is 8.91. The van der Waals surface area contributed by atoms with E-state index in [0.717, 1.165) is 24.5 Å². The summed E-state index contributed by atoms with van der Waals surface area (Å²) in [6.07, 6.45) is 18.0. The van der Waals surface area contributed by atoms with Gasteiger partial charge in [-0.25, -0.2) is 0 Å². The number of nitro benzene ring substituents is 2. The zero-order valence-electron chi connectivity index (χ0n) is 20.4. The monoisotopic (exact) mass is 470 g/mol. The molecule has 0 heterocycles. The predicted molar refractivity (Wildman–Crippen MR) is 136 cm³/mol. The molecule has 0 radical (unpaired) electrons. The van der Waals surface area contributed by atoms with Crippen LogP contribution in [0.5, 0.6) is 11.5 Å². The number of hydrogen-bond acceptors (Lipinski definition) is 5. The van der Waals surface area contributed by atoms with E-state index in [9.17, 15) is 20.2 Å². The lowest BCUT2D eigenvalue weighted by molar-refractivity contribution is -0.394. The smallest absolute Gasteiger partial charge is 0.318 e. The summed E-state index contributed by atoms with van der Waals surface area (Å²) in [5.41, 5.74) is 0.358. The first kappa shape index (κ1) is 27.3. The van der Waals surface area contributed by atoms with Crippen LogP contribution in [0.4, 0.5) is 11.4 Å². The highest BCUT2D eigenvalue weighted by Crippen LogP contribution is 2.34. The fourth-order valence-electron chi connectivity index (χ4n) is 4.09. The fraction of sp³-hybridized carbons (Fsp3) is 0.556. The van der Waals surface area contributed by atoms with Gasteiger partial charge in [0.25, 0.3) is 5.69 Å². The van der Waals surface area contributed by atoms with E-state index in [-0.39, 0.29) is 11.4 Å². The Bertz CT molecular complexity index is 900. The van der Waals surface area contributed by atoms with Gasteiger partial charge in [0, 0.05) is 6.07 Å². The molecule has 0 saturated heterocycles. The minimum absolute atomic E-state index is 0.00582. The summed E-state index contributed by atoms with van der Waals surface area (Å²) in [7, 11) is 0. The summed E-state index contributed by atoms with van der Waals surface area (Å²) < 4.78 is 5.70. The van der Waals surface area contributed by atoms with Crippen LogP contribution >= 0.6 is 0 Å². The highest BCUT2D eigenvalue weighted by atomic mass is 16.6. The van der Waals surface area contributed by atoms with Crippen molar-refractivity contribution in [2.75, 3.05) is 0 Å². The van der Waals surface area contributed by atoms with Gasteiger partial charge in [0.05, 0.1) is 15.9 Å². The van der Waals surface area contributed by atoms with Crippen LogP contribution in [0, 0.1) is 20.2 Å². The molecule has 0 amide bonds. The van der Waals surface area contributed by atoms with Gasteiger partial charge in [0.2, 0.25) is 5.75 Å². The average Bonchev–Trinajstić information content (AvgIpc) is 2.82. The van der Waals surface area contributed by atoms with Crippen LogP contribution in [0.15, 0.2) is 42.5 Å². The normalized spacial score (nSPS) is 10.9. The van der Waals surface area contributed by atoms with E-state index in [1.54, 1.807) is 6.07 Å². The lowest BCUT2D eigenvalue weighted by atomic mass is 10.0. The third kappa shape index (κ3) is 10.3. The number of benzene rings is 2. The second-order valence-electron chi connectivity index (χ2n) is 8.91. The summed E-state index contributed by atoms with van der Waals surface area (Å²) >= 11 is 0. The number of non-ortho nitro benzene ring substituents is 1. The molecule has 7 nitrogen and oxygen atoms in total. The van der Waals surface area contributed by atoms with Crippen molar-refractivity contribution in [3.05, 3.63) is 68.3 Å². The van der Waals surface area contributed by atoms with Crippen molar-refractivity contribution in [1.29, 1.82) is 0 Å². The molecule has 0 aliphatic rings. The number of nitro groups is 2. The number of hydrogen-bond donors (Lipinski definition) is 0. The summed E-state index contributed by atoms with van der Waals surface area (Å²) in [6.45, 7) is 2.26. The number of nitrogens with zero attached hydrogens (tertiary/aromatic N) is 2. The molecule has 0 atom stereocenters. The first-order valence-electron chi connectivity index (χ1n) is 12.7. The van der Waals surface area contributed by atoms with Gasteiger partial charge in [-0.2, -0.15) is 0 Å². The highest BCUT2D eigenvalue weighted by molar-refractivity contribution is 5.54. The van der Waals surface area contributed by atoms with Gasteiger partial charge >= 0.3 is 5.69 Å². The molecule has 2 aromatic carbocycles. The van der Waals surface area contributed by atoms with Crippen LogP contribution in [0.3, 0.4) is 0 Å². The summed E-state index contributed by atoms with van der Waals surface area (Å²) in [6, 6.07) is 10.9. The van der Waals surface area contributed by atoms with Gasteiger partial charge in [0.15, 0.2) is 0 Å². The topological polar surface area (TPSA) is 95.5 Å². The molecule has 0 aromatic heterocycles. The second kappa shape index (κ2) is 15.8. The average molecular weight is 471 g/mol. The molecule has 2 rings (SSSR count). The van der Waals surface area contributed by atoms with Gasteiger partial charge < -0.3 is 4.74 Å².